The standard InChI is InChI=1S/C15H19F3N2.2ClH/c1-2-3-4-14(20-7-5-19-6-8-20)11-9-12(16)15(18)13(17)10-11;;/h2,9-10,14,19H,1,3-8H2;2*1H/t14-;;/m1../s1. The van der Waals surface area contributed by atoms with E-state index in [1.54, 1.807) is 6.08 Å². The summed E-state index contributed by atoms with van der Waals surface area (Å²) in [5.41, 5.74) is 0.491. The predicted molar refractivity (Wildman–Crippen MR) is 87.4 cm³/mol. The smallest absolute Gasteiger partial charge is 0.194 e. The fraction of sp³-hybridized carbons (Fsp3) is 0.467. The Morgan fingerprint density at radius 2 is 1.68 bits per heavy atom. The topological polar surface area (TPSA) is 15.3 Å². The highest BCUT2D eigenvalue weighted by atomic mass is 35.5. The molecule has 1 fully saturated rings. The molecule has 1 saturated heterocycles. The molecule has 0 radical (unpaired) electrons. The molecule has 0 spiro atoms. The minimum Gasteiger partial charge on any atom is -0.314 e. The Hall–Kier alpha value is -0.750. The number of halogens is 5. The second-order valence-electron chi connectivity index (χ2n) is 4.97. The number of nitrogens with one attached hydrogen (secondary N) is 1. The highest BCUT2D eigenvalue weighted by molar-refractivity contribution is 5.85. The van der Waals surface area contributed by atoms with E-state index in [4.69, 9.17) is 0 Å². The van der Waals surface area contributed by atoms with Crippen LogP contribution in [0.3, 0.4) is 0 Å². The third-order valence-corrected chi connectivity index (χ3v) is 3.63. The largest absolute Gasteiger partial charge is 0.314 e. The van der Waals surface area contributed by atoms with Crippen LogP contribution in [0.1, 0.15) is 24.4 Å². The molecule has 126 valence electrons. The van der Waals surface area contributed by atoms with E-state index in [-0.39, 0.29) is 30.9 Å². The van der Waals surface area contributed by atoms with Gasteiger partial charge >= 0.3 is 0 Å². The van der Waals surface area contributed by atoms with Crippen molar-refractivity contribution in [2.45, 2.75) is 18.9 Å². The normalized spacial score (nSPS) is 16.3. The SMILES string of the molecule is C=CCC[C@H](c1cc(F)c(F)c(F)c1)N1CCNCC1.Cl.Cl. The first kappa shape index (κ1) is 21.2. The quantitative estimate of drug-likeness (QED) is 0.636. The Labute approximate surface area is 141 Å². The lowest BCUT2D eigenvalue weighted by Gasteiger charge is -2.35. The Balaban J connectivity index is 0.00000220. The van der Waals surface area contributed by atoms with Crippen LogP contribution in [0.25, 0.3) is 0 Å². The molecule has 1 aliphatic heterocycles. The summed E-state index contributed by atoms with van der Waals surface area (Å²) in [5.74, 6) is -3.66. The van der Waals surface area contributed by atoms with Crippen LogP contribution >= 0.6 is 24.8 Å². The van der Waals surface area contributed by atoms with Gasteiger partial charge in [0, 0.05) is 32.2 Å². The van der Waals surface area contributed by atoms with Gasteiger partial charge in [-0.15, -0.1) is 31.4 Å². The molecular weight excluding hydrogens is 336 g/mol. The van der Waals surface area contributed by atoms with E-state index in [0.717, 1.165) is 44.7 Å². The highest BCUT2D eigenvalue weighted by Gasteiger charge is 2.24. The molecule has 1 aliphatic rings. The number of hydrogen-bond acceptors (Lipinski definition) is 2. The van der Waals surface area contributed by atoms with Crippen molar-refractivity contribution in [3.8, 4) is 0 Å². The number of piperazine rings is 1. The summed E-state index contributed by atoms with van der Waals surface area (Å²) in [6.45, 7) is 6.99. The van der Waals surface area contributed by atoms with Crippen molar-refractivity contribution in [1.29, 1.82) is 0 Å². The predicted octanol–water partition coefficient (Wildman–Crippen LogP) is 3.86. The summed E-state index contributed by atoms with van der Waals surface area (Å²) in [6, 6.07) is 2.10. The summed E-state index contributed by atoms with van der Waals surface area (Å²) < 4.78 is 39.9. The van der Waals surface area contributed by atoms with Crippen LogP contribution in [0.5, 0.6) is 0 Å². The van der Waals surface area contributed by atoms with Crippen molar-refractivity contribution in [3.63, 3.8) is 0 Å². The second-order valence-corrected chi connectivity index (χ2v) is 4.97. The van der Waals surface area contributed by atoms with Crippen molar-refractivity contribution in [2.24, 2.45) is 0 Å². The van der Waals surface area contributed by atoms with Crippen LogP contribution in [0.4, 0.5) is 13.2 Å². The van der Waals surface area contributed by atoms with Crippen LogP contribution in [-0.2, 0) is 0 Å². The van der Waals surface area contributed by atoms with Gasteiger partial charge in [0.15, 0.2) is 17.5 Å². The lowest BCUT2D eigenvalue weighted by Crippen LogP contribution is -2.45. The van der Waals surface area contributed by atoms with Gasteiger partial charge in [0.25, 0.3) is 0 Å². The zero-order valence-electron chi connectivity index (χ0n) is 12.2. The third kappa shape index (κ3) is 5.16. The molecule has 1 aromatic carbocycles. The third-order valence-electron chi connectivity index (χ3n) is 3.63. The summed E-state index contributed by atoms with van der Waals surface area (Å²) in [6.07, 6.45) is 3.24. The first-order valence-corrected chi connectivity index (χ1v) is 6.83. The molecule has 0 aromatic heterocycles. The second kappa shape index (κ2) is 10.1. The zero-order valence-corrected chi connectivity index (χ0v) is 13.8. The van der Waals surface area contributed by atoms with Crippen LogP contribution in [0.2, 0.25) is 0 Å². The average Bonchev–Trinajstić information content (AvgIpc) is 2.46. The van der Waals surface area contributed by atoms with Gasteiger partial charge in [-0.2, -0.15) is 0 Å². The van der Waals surface area contributed by atoms with Crippen molar-refractivity contribution in [3.05, 3.63) is 47.8 Å². The van der Waals surface area contributed by atoms with Gasteiger partial charge in [0.1, 0.15) is 0 Å². The van der Waals surface area contributed by atoms with Crippen molar-refractivity contribution in [2.75, 3.05) is 26.2 Å². The van der Waals surface area contributed by atoms with Crippen molar-refractivity contribution < 1.29 is 13.2 Å². The van der Waals surface area contributed by atoms with Crippen LogP contribution in [0.15, 0.2) is 24.8 Å². The molecular formula is C15H21Cl2F3N2. The van der Waals surface area contributed by atoms with Crippen LogP contribution < -0.4 is 5.32 Å². The monoisotopic (exact) mass is 356 g/mol. The fourth-order valence-corrected chi connectivity index (χ4v) is 2.60. The summed E-state index contributed by atoms with van der Waals surface area (Å²) >= 11 is 0. The maximum Gasteiger partial charge on any atom is 0.194 e. The maximum atomic E-state index is 13.4. The molecule has 7 heteroatoms. The summed E-state index contributed by atoms with van der Waals surface area (Å²) in [5, 5.41) is 3.24. The maximum absolute atomic E-state index is 13.4. The van der Waals surface area contributed by atoms with E-state index in [2.05, 4.69) is 16.8 Å². The lowest BCUT2D eigenvalue weighted by molar-refractivity contribution is 0.165. The van der Waals surface area contributed by atoms with Gasteiger partial charge in [0.05, 0.1) is 0 Å². The molecule has 2 rings (SSSR count). The summed E-state index contributed by atoms with van der Waals surface area (Å²) in [4.78, 5) is 2.17. The van der Waals surface area contributed by atoms with Gasteiger partial charge in [0.2, 0.25) is 0 Å². The fourth-order valence-electron chi connectivity index (χ4n) is 2.60. The van der Waals surface area contributed by atoms with Crippen LogP contribution in [-0.4, -0.2) is 31.1 Å². The average molecular weight is 357 g/mol. The number of allylic oxidation sites excluding steroid dienone is 1. The minimum atomic E-state index is -1.41. The summed E-state index contributed by atoms with van der Waals surface area (Å²) in [7, 11) is 0. The van der Waals surface area contributed by atoms with Gasteiger partial charge in [-0.1, -0.05) is 6.08 Å². The number of nitrogens with zero attached hydrogens (tertiary/aromatic N) is 1. The number of rotatable bonds is 5. The Morgan fingerprint density at radius 1 is 1.14 bits per heavy atom. The Morgan fingerprint density at radius 3 is 2.18 bits per heavy atom. The van der Waals surface area contributed by atoms with Gasteiger partial charge in [-0.05, 0) is 30.5 Å². The molecule has 22 heavy (non-hydrogen) atoms. The number of hydrogen-bond donors (Lipinski definition) is 1. The van der Waals surface area contributed by atoms with E-state index >= 15 is 0 Å². The molecule has 0 amide bonds. The van der Waals surface area contributed by atoms with Crippen LogP contribution in [0, 0.1) is 17.5 Å². The molecule has 1 atom stereocenters. The molecule has 0 unspecified atom stereocenters. The van der Waals surface area contributed by atoms with Gasteiger partial charge in [-0.3, -0.25) is 4.90 Å². The van der Waals surface area contributed by atoms with E-state index in [0.29, 0.717) is 12.0 Å². The van der Waals surface area contributed by atoms with E-state index in [1.165, 1.54) is 0 Å². The Kier molecular flexibility index (Phi) is 9.76. The first-order chi connectivity index (χ1) is 9.63. The minimum absolute atomic E-state index is 0. The molecule has 0 bridgehead atoms. The lowest BCUT2D eigenvalue weighted by atomic mass is 9.99. The molecule has 2 nitrogen and oxygen atoms in total. The Bertz CT molecular complexity index is 457. The van der Waals surface area contributed by atoms with E-state index in [1.807, 2.05) is 0 Å². The molecule has 0 saturated carbocycles. The van der Waals surface area contributed by atoms with Gasteiger partial charge in [-0.25, -0.2) is 13.2 Å². The molecule has 1 aromatic rings. The van der Waals surface area contributed by atoms with Gasteiger partial charge < -0.3 is 5.32 Å². The molecule has 1 N–H and O–H groups in total. The van der Waals surface area contributed by atoms with E-state index < -0.39 is 17.5 Å². The number of benzene rings is 1. The first-order valence-electron chi connectivity index (χ1n) is 6.83. The van der Waals surface area contributed by atoms with Crippen molar-refractivity contribution >= 4 is 24.8 Å². The molecule has 1 heterocycles. The molecule has 0 aliphatic carbocycles. The van der Waals surface area contributed by atoms with Crippen molar-refractivity contribution in [1.82, 2.24) is 10.2 Å². The van der Waals surface area contributed by atoms with E-state index in [9.17, 15) is 13.2 Å². The zero-order chi connectivity index (χ0) is 14.5. The highest BCUT2D eigenvalue weighted by Crippen LogP contribution is 2.28.